The predicted molar refractivity (Wildman–Crippen MR) is 128 cm³/mol. The maximum atomic E-state index is 12.7. The molecule has 2 atom stereocenters. The van der Waals surface area contributed by atoms with Crippen molar-refractivity contribution in [2.24, 2.45) is 11.0 Å². The van der Waals surface area contributed by atoms with Gasteiger partial charge in [0.2, 0.25) is 0 Å². The standard InChI is InChI=1S/C26H29ClN2O3/c1-3-31-21-12-8-18(9-13-21)16-20-6-5-7-23-25(20)28-29(24(30)17-27)26(23)19-10-14-22(15-11-19)32-4-2/h8-16,23,26H,3-7,17H2,1-2H3/b20-16-/t23-,26-/m1/s1. The van der Waals surface area contributed by atoms with Crippen molar-refractivity contribution in [1.29, 1.82) is 0 Å². The third-order valence-corrected chi connectivity index (χ3v) is 6.16. The molecular formula is C26H29ClN2O3. The Morgan fingerprint density at radius 3 is 2.28 bits per heavy atom. The highest BCUT2D eigenvalue weighted by Crippen LogP contribution is 2.44. The quantitative estimate of drug-likeness (QED) is 0.495. The van der Waals surface area contributed by atoms with Gasteiger partial charge in [0.1, 0.15) is 17.4 Å². The van der Waals surface area contributed by atoms with Gasteiger partial charge < -0.3 is 9.47 Å². The van der Waals surface area contributed by atoms with Crippen LogP contribution in [0.1, 0.15) is 50.3 Å². The first-order valence-corrected chi connectivity index (χ1v) is 11.8. The predicted octanol–water partition coefficient (Wildman–Crippen LogP) is 5.85. The fourth-order valence-corrected chi connectivity index (χ4v) is 4.68. The summed E-state index contributed by atoms with van der Waals surface area (Å²) in [5, 5.41) is 6.41. The van der Waals surface area contributed by atoms with E-state index in [-0.39, 0.29) is 23.7 Å². The van der Waals surface area contributed by atoms with Crippen molar-refractivity contribution in [2.45, 2.75) is 39.2 Å². The van der Waals surface area contributed by atoms with Gasteiger partial charge in [-0.05, 0) is 80.2 Å². The van der Waals surface area contributed by atoms with E-state index in [9.17, 15) is 4.79 Å². The molecule has 1 aliphatic heterocycles. The Balaban J connectivity index is 1.65. The maximum absolute atomic E-state index is 12.7. The lowest BCUT2D eigenvalue weighted by Crippen LogP contribution is -2.32. The smallest absolute Gasteiger partial charge is 0.258 e. The van der Waals surface area contributed by atoms with Gasteiger partial charge in [0.25, 0.3) is 5.91 Å². The second kappa shape index (κ2) is 10.2. The second-order valence-electron chi connectivity index (χ2n) is 7.97. The number of carbonyl (C=O) groups excluding carboxylic acids is 1. The van der Waals surface area contributed by atoms with E-state index in [1.807, 2.05) is 50.2 Å². The third-order valence-electron chi connectivity index (χ3n) is 5.94. The molecule has 0 spiro atoms. The minimum Gasteiger partial charge on any atom is -0.494 e. The zero-order valence-electron chi connectivity index (χ0n) is 18.6. The fraction of sp³-hybridized carbons (Fsp3) is 0.385. The highest BCUT2D eigenvalue weighted by Gasteiger charge is 2.43. The average molecular weight is 453 g/mol. The number of alkyl halides is 1. The molecule has 1 aliphatic carbocycles. The first kappa shape index (κ1) is 22.4. The van der Waals surface area contributed by atoms with E-state index < -0.39 is 0 Å². The zero-order chi connectivity index (χ0) is 22.5. The van der Waals surface area contributed by atoms with Crippen molar-refractivity contribution in [1.82, 2.24) is 5.01 Å². The summed E-state index contributed by atoms with van der Waals surface area (Å²) in [6.07, 6.45) is 5.18. The Morgan fingerprint density at radius 2 is 1.69 bits per heavy atom. The molecule has 1 heterocycles. The van der Waals surface area contributed by atoms with E-state index >= 15 is 0 Å². The second-order valence-corrected chi connectivity index (χ2v) is 8.24. The highest BCUT2D eigenvalue weighted by atomic mass is 35.5. The van der Waals surface area contributed by atoms with E-state index in [0.29, 0.717) is 13.2 Å². The number of halogens is 1. The minimum atomic E-state index is -0.173. The molecule has 0 unspecified atom stereocenters. The SMILES string of the molecule is CCOc1ccc(/C=C2/CCC[C@@H]3C2=NN(C(=O)CCl)[C@@H]3c2ccc(OCC)cc2)cc1. The Hall–Kier alpha value is -2.79. The normalized spacial score (nSPS) is 21.3. The van der Waals surface area contributed by atoms with Crippen LogP contribution in [-0.2, 0) is 4.79 Å². The van der Waals surface area contributed by atoms with Crippen LogP contribution in [0, 0.1) is 5.92 Å². The van der Waals surface area contributed by atoms with Crippen molar-refractivity contribution in [3.8, 4) is 11.5 Å². The number of hydrogen-bond donors (Lipinski definition) is 0. The summed E-state index contributed by atoms with van der Waals surface area (Å²) in [5.41, 5.74) is 4.35. The summed E-state index contributed by atoms with van der Waals surface area (Å²) in [5.74, 6) is 1.58. The van der Waals surface area contributed by atoms with Crippen LogP contribution in [0.5, 0.6) is 11.5 Å². The molecule has 0 bridgehead atoms. The van der Waals surface area contributed by atoms with Crippen molar-refractivity contribution < 1.29 is 14.3 Å². The molecule has 0 N–H and O–H groups in total. The van der Waals surface area contributed by atoms with E-state index in [1.54, 1.807) is 5.01 Å². The van der Waals surface area contributed by atoms with E-state index in [4.69, 9.17) is 26.2 Å². The van der Waals surface area contributed by atoms with Crippen molar-refractivity contribution >= 4 is 29.3 Å². The highest BCUT2D eigenvalue weighted by molar-refractivity contribution is 6.27. The molecule has 0 aromatic heterocycles. The number of allylic oxidation sites excluding steroid dienone is 1. The van der Waals surface area contributed by atoms with Crippen molar-refractivity contribution in [3.63, 3.8) is 0 Å². The molecule has 1 amide bonds. The summed E-state index contributed by atoms with van der Waals surface area (Å²) in [4.78, 5) is 12.7. The van der Waals surface area contributed by atoms with Gasteiger partial charge in [-0.25, -0.2) is 5.01 Å². The third kappa shape index (κ3) is 4.68. The number of rotatable bonds is 7. The molecule has 6 heteroatoms. The molecule has 4 rings (SSSR count). The Bertz CT molecular complexity index is 999. The number of benzene rings is 2. The molecule has 0 saturated heterocycles. The maximum Gasteiger partial charge on any atom is 0.258 e. The lowest BCUT2D eigenvalue weighted by atomic mass is 9.77. The molecule has 1 saturated carbocycles. The number of carbonyl (C=O) groups is 1. The van der Waals surface area contributed by atoms with Crippen molar-refractivity contribution in [2.75, 3.05) is 19.1 Å². The Morgan fingerprint density at radius 1 is 1.06 bits per heavy atom. The van der Waals surface area contributed by atoms with Crippen LogP contribution in [0.15, 0.2) is 59.2 Å². The zero-order valence-corrected chi connectivity index (χ0v) is 19.3. The molecule has 2 aliphatic rings. The summed E-state index contributed by atoms with van der Waals surface area (Å²) in [6.45, 7) is 5.21. The van der Waals surface area contributed by atoms with Gasteiger partial charge in [-0.1, -0.05) is 24.3 Å². The lowest BCUT2D eigenvalue weighted by Gasteiger charge is -2.29. The molecule has 32 heavy (non-hydrogen) atoms. The molecule has 5 nitrogen and oxygen atoms in total. The van der Waals surface area contributed by atoms with Gasteiger partial charge >= 0.3 is 0 Å². The number of ether oxygens (including phenoxy) is 2. The number of hydrogen-bond acceptors (Lipinski definition) is 4. The van der Waals surface area contributed by atoms with Crippen LogP contribution in [-0.4, -0.2) is 35.7 Å². The first-order chi connectivity index (χ1) is 15.6. The van der Waals surface area contributed by atoms with E-state index in [0.717, 1.165) is 47.6 Å². The average Bonchev–Trinajstić information content (AvgIpc) is 3.21. The largest absolute Gasteiger partial charge is 0.494 e. The minimum absolute atomic E-state index is 0.0883. The fourth-order valence-electron chi connectivity index (χ4n) is 4.56. The first-order valence-electron chi connectivity index (χ1n) is 11.3. The van der Waals surface area contributed by atoms with Crippen LogP contribution in [0.25, 0.3) is 6.08 Å². The lowest BCUT2D eigenvalue weighted by molar-refractivity contribution is -0.130. The Kier molecular flexibility index (Phi) is 7.15. The van der Waals surface area contributed by atoms with Gasteiger partial charge in [0.05, 0.1) is 25.0 Å². The molecule has 168 valence electrons. The number of fused-ring (bicyclic) bond motifs is 1. The van der Waals surface area contributed by atoms with Crippen LogP contribution in [0.2, 0.25) is 0 Å². The van der Waals surface area contributed by atoms with Crippen LogP contribution in [0.3, 0.4) is 0 Å². The van der Waals surface area contributed by atoms with Crippen LogP contribution >= 0.6 is 11.6 Å². The number of amides is 1. The molecule has 1 fully saturated rings. The summed E-state index contributed by atoms with van der Waals surface area (Å²) >= 11 is 5.95. The monoisotopic (exact) mass is 452 g/mol. The summed E-state index contributed by atoms with van der Waals surface area (Å²) in [6, 6.07) is 15.9. The Labute approximate surface area is 194 Å². The van der Waals surface area contributed by atoms with Gasteiger partial charge in [-0.3, -0.25) is 4.79 Å². The molecule has 0 radical (unpaired) electrons. The molecule has 2 aromatic rings. The van der Waals surface area contributed by atoms with E-state index in [1.165, 1.54) is 5.57 Å². The molecule has 2 aromatic carbocycles. The van der Waals surface area contributed by atoms with Gasteiger partial charge in [-0.2, -0.15) is 5.10 Å². The van der Waals surface area contributed by atoms with Crippen molar-refractivity contribution in [3.05, 3.63) is 65.2 Å². The van der Waals surface area contributed by atoms with Crippen LogP contribution < -0.4 is 9.47 Å². The molecular weight excluding hydrogens is 424 g/mol. The van der Waals surface area contributed by atoms with Gasteiger partial charge in [0.15, 0.2) is 0 Å². The number of nitrogens with zero attached hydrogens (tertiary/aromatic N) is 2. The van der Waals surface area contributed by atoms with Gasteiger partial charge in [-0.15, -0.1) is 11.6 Å². The topological polar surface area (TPSA) is 51.1 Å². The van der Waals surface area contributed by atoms with Crippen LogP contribution in [0.4, 0.5) is 0 Å². The number of hydrazone groups is 1. The summed E-state index contributed by atoms with van der Waals surface area (Å²) < 4.78 is 11.1. The summed E-state index contributed by atoms with van der Waals surface area (Å²) in [7, 11) is 0. The van der Waals surface area contributed by atoms with Gasteiger partial charge in [0, 0.05) is 5.92 Å². The van der Waals surface area contributed by atoms with E-state index in [2.05, 4.69) is 18.2 Å².